The molecule has 0 saturated heterocycles. The van der Waals surface area contributed by atoms with Crippen LogP contribution in [0.15, 0.2) is 231 Å². The van der Waals surface area contributed by atoms with Gasteiger partial charge in [0.05, 0.1) is 11.4 Å². The van der Waals surface area contributed by atoms with Gasteiger partial charge in [-0.2, -0.15) is 0 Å². The van der Waals surface area contributed by atoms with E-state index in [-0.39, 0.29) is 5.41 Å². The lowest BCUT2D eigenvalue weighted by Gasteiger charge is -2.42. The summed E-state index contributed by atoms with van der Waals surface area (Å²) in [5, 5.41) is 0. The van der Waals surface area contributed by atoms with Gasteiger partial charge < -0.3 is 9.80 Å². The lowest BCUT2D eigenvalue weighted by atomic mass is 9.73. The molecule has 0 N–H and O–H groups in total. The van der Waals surface area contributed by atoms with Crippen LogP contribution < -0.4 is 9.80 Å². The predicted octanol–water partition coefficient (Wildman–Crippen LogP) is 15.9. The summed E-state index contributed by atoms with van der Waals surface area (Å²) in [7, 11) is 0. The van der Waals surface area contributed by atoms with E-state index in [1.54, 1.807) is 0 Å². The van der Waals surface area contributed by atoms with Crippen LogP contribution in [0, 0.1) is 0 Å². The quantitative estimate of drug-likeness (QED) is 0.152. The van der Waals surface area contributed by atoms with Crippen LogP contribution in [0.5, 0.6) is 0 Å². The van der Waals surface area contributed by atoms with E-state index in [0.29, 0.717) is 0 Å². The molecule has 0 fully saturated rings. The molecule has 1 heterocycles. The Morgan fingerprint density at radius 1 is 0.305 bits per heavy atom. The summed E-state index contributed by atoms with van der Waals surface area (Å²) in [5.74, 6) is 0. The van der Waals surface area contributed by atoms with Gasteiger partial charge in [-0.1, -0.05) is 178 Å². The normalized spacial score (nSPS) is 12.7. The summed E-state index contributed by atoms with van der Waals surface area (Å²) in [5.41, 5.74) is 19.0. The number of anilines is 6. The van der Waals surface area contributed by atoms with Gasteiger partial charge in [0.2, 0.25) is 0 Å². The average Bonchev–Trinajstić information content (AvgIpc) is 3.31. The summed E-state index contributed by atoms with van der Waals surface area (Å²) >= 11 is 0. The van der Waals surface area contributed by atoms with E-state index in [2.05, 4.69) is 254 Å². The van der Waals surface area contributed by atoms with Crippen molar-refractivity contribution in [1.29, 1.82) is 0 Å². The maximum atomic E-state index is 2.43. The minimum Gasteiger partial charge on any atom is -0.311 e. The van der Waals surface area contributed by atoms with Crippen molar-refractivity contribution in [2.24, 2.45) is 0 Å². The Labute approximate surface area is 347 Å². The van der Waals surface area contributed by atoms with Crippen LogP contribution in [0.3, 0.4) is 0 Å². The smallest absolute Gasteiger partial charge is 0.0502 e. The maximum Gasteiger partial charge on any atom is 0.0502 e. The zero-order valence-corrected chi connectivity index (χ0v) is 33.3. The highest BCUT2D eigenvalue weighted by Gasteiger charge is 2.36. The average molecular weight is 757 g/mol. The van der Waals surface area contributed by atoms with E-state index in [1.807, 2.05) is 0 Å². The molecular formula is C57H44N2. The van der Waals surface area contributed by atoms with Crippen molar-refractivity contribution >= 4 is 34.1 Å². The van der Waals surface area contributed by atoms with Gasteiger partial charge in [0.25, 0.3) is 0 Å². The number of nitrogens with zero attached hydrogens (tertiary/aromatic N) is 2. The van der Waals surface area contributed by atoms with Crippen LogP contribution in [0.1, 0.15) is 25.0 Å². The van der Waals surface area contributed by atoms with Gasteiger partial charge in [-0.3, -0.25) is 0 Å². The van der Waals surface area contributed by atoms with Gasteiger partial charge >= 0.3 is 0 Å². The Morgan fingerprint density at radius 2 is 0.644 bits per heavy atom. The molecule has 0 radical (unpaired) electrons. The second-order valence-electron chi connectivity index (χ2n) is 15.8. The third kappa shape index (κ3) is 6.79. The van der Waals surface area contributed by atoms with Crippen molar-refractivity contribution in [3.8, 4) is 44.5 Å². The first-order valence-corrected chi connectivity index (χ1v) is 20.4. The molecule has 1 aliphatic rings. The summed E-state index contributed by atoms with van der Waals surface area (Å²) in [6, 6.07) is 83.4. The van der Waals surface area contributed by atoms with Crippen LogP contribution in [0.4, 0.5) is 34.1 Å². The van der Waals surface area contributed by atoms with E-state index in [9.17, 15) is 0 Å². The number of fused-ring (bicyclic) bond motifs is 2. The summed E-state index contributed by atoms with van der Waals surface area (Å²) in [4.78, 5) is 4.78. The van der Waals surface area contributed by atoms with Gasteiger partial charge in [-0.05, 0) is 122 Å². The molecule has 0 saturated carbocycles. The number of rotatable bonds is 8. The zero-order valence-electron chi connectivity index (χ0n) is 33.3. The molecule has 0 aliphatic carbocycles. The van der Waals surface area contributed by atoms with Crippen molar-refractivity contribution in [3.63, 3.8) is 0 Å². The summed E-state index contributed by atoms with van der Waals surface area (Å²) in [6.45, 7) is 4.67. The van der Waals surface area contributed by atoms with Gasteiger partial charge in [0, 0.05) is 28.2 Å². The molecule has 2 nitrogen and oxygen atoms in total. The predicted molar refractivity (Wildman–Crippen MR) is 250 cm³/mol. The Bertz CT molecular complexity index is 2830. The van der Waals surface area contributed by atoms with Gasteiger partial charge in [0.15, 0.2) is 0 Å². The minimum atomic E-state index is -0.0986. The topological polar surface area (TPSA) is 6.48 Å². The van der Waals surface area contributed by atoms with Crippen LogP contribution in [-0.4, -0.2) is 0 Å². The van der Waals surface area contributed by atoms with Gasteiger partial charge in [-0.25, -0.2) is 0 Å². The first-order valence-electron chi connectivity index (χ1n) is 20.4. The number of para-hydroxylation sites is 2. The fraction of sp³-hybridized carbons (Fsp3) is 0.0526. The largest absolute Gasteiger partial charge is 0.311 e. The van der Waals surface area contributed by atoms with E-state index in [1.165, 1.54) is 67.0 Å². The molecule has 2 heteroatoms. The third-order valence-corrected chi connectivity index (χ3v) is 11.9. The van der Waals surface area contributed by atoms with Crippen molar-refractivity contribution in [2.75, 3.05) is 9.80 Å². The number of hydrogen-bond donors (Lipinski definition) is 0. The molecule has 9 aromatic rings. The highest BCUT2D eigenvalue weighted by molar-refractivity contribution is 5.88. The molecule has 282 valence electrons. The van der Waals surface area contributed by atoms with Crippen LogP contribution in [-0.2, 0) is 5.41 Å². The first-order chi connectivity index (χ1) is 29.0. The maximum absolute atomic E-state index is 2.43. The van der Waals surface area contributed by atoms with E-state index in [0.717, 1.165) is 22.7 Å². The van der Waals surface area contributed by atoms with Crippen LogP contribution in [0.2, 0.25) is 0 Å². The second kappa shape index (κ2) is 15.2. The molecule has 0 bridgehead atoms. The molecule has 0 atom stereocenters. The third-order valence-electron chi connectivity index (χ3n) is 11.9. The van der Waals surface area contributed by atoms with Crippen molar-refractivity contribution in [3.05, 3.63) is 242 Å². The standard InChI is InChI=1S/C57H44N2/c1-57(2)53-23-9-11-25-55(53)59(56-26-12-10-24-54(56)57)52-22-14-21-48(40-52)45-31-37-51(38-32-45)58(49-33-27-43(28-34-49)41-15-5-3-6-16-41)50-35-29-44(30-36-50)47-20-13-19-46(39-47)42-17-7-4-8-18-42/h3-40H,1-2H3. The molecular weight excluding hydrogens is 713 g/mol. The second-order valence-corrected chi connectivity index (χ2v) is 15.8. The van der Waals surface area contributed by atoms with Crippen LogP contribution >= 0.6 is 0 Å². The summed E-state index contributed by atoms with van der Waals surface area (Å²) < 4.78 is 0. The van der Waals surface area contributed by atoms with Crippen LogP contribution in [0.25, 0.3) is 44.5 Å². The van der Waals surface area contributed by atoms with Crippen molar-refractivity contribution in [1.82, 2.24) is 0 Å². The Balaban J connectivity index is 1.00. The lowest BCUT2D eigenvalue weighted by molar-refractivity contribution is 0.632. The van der Waals surface area contributed by atoms with E-state index >= 15 is 0 Å². The SMILES string of the molecule is CC1(C)c2ccccc2N(c2cccc(-c3ccc(N(c4ccc(-c5ccccc5)cc4)c4ccc(-c5cccc(-c6ccccc6)c5)cc4)cc3)c2)c2ccccc21. The van der Waals surface area contributed by atoms with Crippen molar-refractivity contribution < 1.29 is 0 Å². The molecule has 1 aliphatic heterocycles. The summed E-state index contributed by atoms with van der Waals surface area (Å²) in [6.07, 6.45) is 0. The molecule has 9 aromatic carbocycles. The highest BCUT2D eigenvalue weighted by atomic mass is 15.2. The fourth-order valence-electron chi connectivity index (χ4n) is 8.77. The van der Waals surface area contributed by atoms with E-state index < -0.39 is 0 Å². The highest BCUT2D eigenvalue weighted by Crippen LogP contribution is 2.52. The molecule has 10 rings (SSSR count). The number of hydrogen-bond acceptors (Lipinski definition) is 2. The van der Waals surface area contributed by atoms with Gasteiger partial charge in [-0.15, -0.1) is 0 Å². The lowest BCUT2D eigenvalue weighted by Crippen LogP contribution is -2.30. The molecule has 0 spiro atoms. The number of benzene rings is 9. The molecule has 0 amide bonds. The molecule has 59 heavy (non-hydrogen) atoms. The molecule has 0 unspecified atom stereocenters. The Morgan fingerprint density at radius 3 is 1.12 bits per heavy atom. The fourth-order valence-corrected chi connectivity index (χ4v) is 8.77. The molecule has 0 aromatic heterocycles. The monoisotopic (exact) mass is 756 g/mol. The zero-order chi connectivity index (χ0) is 39.8. The Hall–Kier alpha value is -7.42. The minimum absolute atomic E-state index is 0.0986. The van der Waals surface area contributed by atoms with Gasteiger partial charge in [0.1, 0.15) is 0 Å². The first kappa shape index (κ1) is 36.0. The Kier molecular flexibility index (Phi) is 9.24. The van der Waals surface area contributed by atoms with E-state index in [4.69, 9.17) is 0 Å². The van der Waals surface area contributed by atoms with Crippen molar-refractivity contribution in [2.45, 2.75) is 19.3 Å².